The highest BCUT2D eigenvalue weighted by Gasteiger charge is 2.12. The van der Waals surface area contributed by atoms with Crippen LogP contribution in [0.2, 0.25) is 0 Å². The largest absolute Gasteiger partial charge is 0.370 e. The molecule has 5 heteroatoms. The lowest BCUT2D eigenvalue weighted by atomic mass is 10.2. The van der Waals surface area contributed by atoms with E-state index < -0.39 is 0 Å². The van der Waals surface area contributed by atoms with E-state index in [1.807, 2.05) is 19.3 Å². The van der Waals surface area contributed by atoms with Gasteiger partial charge in [-0.15, -0.1) is 0 Å². The Kier molecular flexibility index (Phi) is 4.14. The van der Waals surface area contributed by atoms with Gasteiger partial charge in [-0.1, -0.05) is 13.8 Å². The van der Waals surface area contributed by atoms with Gasteiger partial charge in [0.05, 0.1) is 0 Å². The predicted octanol–water partition coefficient (Wildman–Crippen LogP) is 2.57. The Morgan fingerprint density at radius 1 is 1.26 bits per heavy atom. The van der Waals surface area contributed by atoms with Crippen molar-refractivity contribution in [3.8, 4) is 11.5 Å². The zero-order valence-electron chi connectivity index (χ0n) is 12.1. The minimum atomic E-state index is 0.696. The summed E-state index contributed by atoms with van der Waals surface area (Å²) in [5.74, 6) is 1.62. The Morgan fingerprint density at radius 3 is 2.63 bits per heavy atom. The molecule has 0 aliphatic carbocycles. The molecule has 2 rings (SSSR count). The highest BCUT2D eigenvalue weighted by atomic mass is 15.3. The van der Waals surface area contributed by atoms with E-state index in [9.17, 15) is 0 Å². The van der Waals surface area contributed by atoms with Gasteiger partial charge >= 0.3 is 0 Å². The number of nitrogens with one attached hydrogen (secondary N) is 1. The third-order valence-electron chi connectivity index (χ3n) is 3.07. The first-order valence-corrected chi connectivity index (χ1v) is 6.77. The fourth-order valence-electron chi connectivity index (χ4n) is 1.97. The second kappa shape index (κ2) is 5.82. The van der Waals surface area contributed by atoms with Crippen molar-refractivity contribution in [1.29, 1.82) is 0 Å². The van der Waals surface area contributed by atoms with E-state index in [2.05, 4.69) is 41.2 Å². The topological polar surface area (TPSA) is 55.6 Å². The number of hydrogen-bond acceptors (Lipinski definition) is 4. The maximum atomic E-state index is 4.62. The molecule has 0 aliphatic rings. The van der Waals surface area contributed by atoms with Crippen LogP contribution in [0.4, 0.5) is 5.82 Å². The molecule has 19 heavy (non-hydrogen) atoms. The van der Waals surface area contributed by atoms with Crippen LogP contribution in [-0.2, 0) is 13.5 Å². The first-order valence-electron chi connectivity index (χ1n) is 6.77. The van der Waals surface area contributed by atoms with Gasteiger partial charge in [0.1, 0.15) is 11.5 Å². The summed E-state index contributed by atoms with van der Waals surface area (Å²) in [5.41, 5.74) is 3.03. The van der Waals surface area contributed by atoms with Crippen LogP contribution in [-0.4, -0.2) is 26.3 Å². The van der Waals surface area contributed by atoms with Crippen LogP contribution in [0.3, 0.4) is 0 Å². The second-order valence-corrected chi connectivity index (χ2v) is 4.62. The van der Waals surface area contributed by atoms with Gasteiger partial charge in [-0.2, -0.15) is 5.10 Å². The third kappa shape index (κ3) is 2.92. The van der Waals surface area contributed by atoms with E-state index in [0.717, 1.165) is 42.2 Å². The van der Waals surface area contributed by atoms with Gasteiger partial charge in [-0.25, -0.2) is 9.97 Å². The summed E-state index contributed by atoms with van der Waals surface area (Å²) < 4.78 is 1.77. The van der Waals surface area contributed by atoms with Crippen molar-refractivity contribution in [2.45, 2.75) is 33.6 Å². The number of aryl methyl sites for hydroxylation is 2. The molecule has 0 fully saturated rings. The highest BCUT2D eigenvalue weighted by molar-refractivity contribution is 5.56. The standard InChI is InChI=1S/C14H21N5/c1-5-8-15-13-10(3)11(6-2)16-14(17-13)12-7-9-19(4)18-12/h7,9H,5-6,8H2,1-4H3,(H,15,16,17). The molecular weight excluding hydrogens is 238 g/mol. The Bertz CT molecular complexity index is 559. The molecule has 0 amide bonds. The van der Waals surface area contributed by atoms with Gasteiger partial charge < -0.3 is 5.32 Å². The molecule has 2 heterocycles. The minimum absolute atomic E-state index is 0.696. The summed E-state index contributed by atoms with van der Waals surface area (Å²) in [5, 5.41) is 7.74. The number of hydrogen-bond donors (Lipinski definition) is 1. The van der Waals surface area contributed by atoms with Crippen LogP contribution in [0, 0.1) is 6.92 Å². The quantitative estimate of drug-likeness (QED) is 0.896. The molecular formula is C14H21N5. The van der Waals surface area contributed by atoms with Crippen LogP contribution in [0.15, 0.2) is 12.3 Å². The van der Waals surface area contributed by atoms with Crippen LogP contribution in [0.25, 0.3) is 11.5 Å². The maximum absolute atomic E-state index is 4.62. The number of nitrogens with zero attached hydrogens (tertiary/aromatic N) is 4. The Hall–Kier alpha value is -1.91. The molecule has 2 aromatic heterocycles. The number of anilines is 1. The molecule has 1 N–H and O–H groups in total. The minimum Gasteiger partial charge on any atom is -0.370 e. The van der Waals surface area contributed by atoms with E-state index in [1.54, 1.807) is 4.68 Å². The monoisotopic (exact) mass is 259 g/mol. The van der Waals surface area contributed by atoms with Crippen LogP contribution in [0.5, 0.6) is 0 Å². The zero-order valence-corrected chi connectivity index (χ0v) is 12.1. The molecule has 0 saturated carbocycles. The fraction of sp³-hybridized carbons (Fsp3) is 0.500. The SMILES string of the molecule is CCCNc1nc(-c2ccn(C)n2)nc(CC)c1C. The van der Waals surface area contributed by atoms with Crippen LogP contribution >= 0.6 is 0 Å². The summed E-state index contributed by atoms with van der Waals surface area (Å²) in [7, 11) is 1.90. The van der Waals surface area contributed by atoms with Gasteiger partial charge in [0, 0.05) is 31.0 Å². The number of aromatic nitrogens is 4. The molecule has 0 bridgehead atoms. The van der Waals surface area contributed by atoms with E-state index in [1.165, 1.54) is 0 Å². The van der Waals surface area contributed by atoms with Crippen molar-refractivity contribution in [2.75, 3.05) is 11.9 Å². The molecule has 102 valence electrons. The lowest BCUT2D eigenvalue weighted by Crippen LogP contribution is -2.09. The molecule has 0 spiro atoms. The molecule has 2 aromatic rings. The number of rotatable bonds is 5. The van der Waals surface area contributed by atoms with Crippen molar-refractivity contribution in [3.05, 3.63) is 23.5 Å². The van der Waals surface area contributed by atoms with Crippen molar-refractivity contribution in [2.24, 2.45) is 7.05 Å². The normalized spacial score (nSPS) is 10.7. The van der Waals surface area contributed by atoms with Crippen molar-refractivity contribution >= 4 is 5.82 Å². The zero-order chi connectivity index (χ0) is 13.8. The molecule has 0 saturated heterocycles. The van der Waals surface area contributed by atoms with Gasteiger partial charge in [0.25, 0.3) is 0 Å². The summed E-state index contributed by atoms with van der Waals surface area (Å²) in [4.78, 5) is 9.22. The fourth-order valence-corrected chi connectivity index (χ4v) is 1.97. The molecule has 5 nitrogen and oxygen atoms in total. The molecule has 0 unspecified atom stereocenters. The average molecular weight is 259 g/mol. The summed E-state index contributed by atoms with van der Waals surface area (Å²) >= 11 is 0. The Labute approximate surface area is 114 Å². The molecule has 0 aliphatic heterocycles. The average Bonchev–Trinajstić information content (AvgIpc) is 2.84. The van der Waals surface area contributed by atoms with E-state index >= 15 is 0 Å². The van der Waals surface area contributed by atoms with Crippen molar-refractivity contribution in [1.82, 2.24) is 19.7 Å². The lowest BCUT2D eigenvalue weighted by molar-refractivity contribution is 0.768. The van der Waals surface area contributed by atoms with Crippen LogP contribution in [0.1, 0.15) is 31.5 Å². The first-order chi connectivity index (χ1) is 9.15. The van der Waals surface area contributed by atoms with Gasteiger partial charge in [0.2, 0.25) is 0 Å². The lowest BCUT2D eigenvalue weighted by Gasteiger charge is -2.12. The molecule has 0 atom stereocenters. The summed E-state index contributed by atoms with van der Waals surface area (Å²) in [6, 6.07) is 1.94. The maximum Gasteiger partial charge on any atom is 0.182 e. The van der Waals surface area contributed by atoms with Crippen LogP contribution < -0.4 is 5.32 Å². The predicted molar refractivity (Wildman–Crippen MR) is 77.1 cm³/mol. The Balaban J connectivity index is 2.44. The summed E-state index contributed by atoms with van der Waals surface area (Å²) in [6.45, 7) is 7.24. The summed E-state index contributed by atoms with van der Waals surface area (Å²) in [6.07, 6.45) is 3.88. The highest BCUT2D eigenvalue weighted by Crippen LogP contribution is 2.21. The van der Waals surface area contributed by atoms with E-state index in [4.69, 9.17) is 0 Å². The van der Waals surface area contributed by atoms with E-state index in [-0.39, 0.29) is 0 Å². The third-order valence-corrected chi connectivity index (χ3v) is 3.07. The Morgan fingerprint density at radius 2 is 2.05 bits per heavy atom. The van der Waals surface area contributed by atoms with E-state index in [0.29, 0.717) is 5.82 Å². The van der Waals surface area contributed by atoms with Gasteiger partial charge in [0.15, 0.2) is 5.82 Å². The smallest absolute Gasteiger partial charge is 0.182 e. The van der Waals surface area contributed by atoms with Gasteiger partial charge in [-0.3, -0.25) is 4.68 Å². The first kappa shape index (κ1) is 13.5. The molecule has 0 radical (unpaired) electrons. The second-order valence-electron chi connectivity index (χ2n) is 4.62. The van der Waals surface area contributed by atoms with Crippen molar-refractivity contribution < 1.29 is 0 Å². The van der Waals surface area contributed by atoms with Gasteiger partial charge in [-0.05, 0) is 25.8 Å². The van der Waals surface area contributed by atoms with Crippen molar-refractivity contribution in [3.63, 3.8) is 0 Å². The molecule has 0 aromatic carbocycles.